The maximum absolute atomic E-state index is 13.4. The molecule has 2 aromatic heterocycles. The Morgan fingerprint density at radius 3 is 2.69 bits per heavy atom. The van der Waals surface area contributed by atoms with E-state index in [1.54, 1.807) is 11.4 Å². The molecule has 0 atom stereocenters. The van der Waals surface area contributed by atoms with E-state index in [1.165, 1.54) is 31.0 Å². The van der Waals surface area contributed by atoms with Crippen LogP contribution in [0.2, 0.25) is 0 Å². The molecular weight excluding hydrogens is 399 g/mol. The molecular formula is C19H19FN4O4S. The maximum atomic E-state index is 13.4. The van der Waals surface area contributed by atoms with Gasteiger partial charge in [0.25, 0.3) is 5.78 Å². The van der Waals surface area contributed by atoms with E-state index < -0.39 is 24.2 Å². The Kier molecular flexibility index (Phi) is 6.12. The van der Waals surface area contributed by atoms with Crippen molar-refractivity contribution in [2.45, 2.75) is 25.4 Å². The largest absolute Gasteiger partial charge is 0.496 e. The summed E-state index contributed by atoms with van der Waals surface area (Å²) in [6.45, 7) is 3.06. The summed E-state index contributed by atoms with van der Waals surface area (Å²) in [4.78, 5) is 33.3. The minimum absolute atomic E-state index is 0.0166. The van der Waals surface area contributed by atoms with Crippen LogP contribution in [0.4, 0.5) is 4.39 Å². The van der Waals surface area contributed by atoms with Gasteiger partial charge in [0, 0.05) is 17.0 Å². The average molecular weight is 418 g/mol. The number of aromatic nitrogens is 4. The Morgan fingerprint density at radius 2 is 2.00 bits per heavy atom. The van der Waals surface area contributed by atoms with E-state index in [4.69, 9.17) is 9.47 Å². The number of thioether (sulfide) groups is 1. The van der Waals surface area contributed by atoms with Gasteiger partial charge in [-0.3, -0.25) is 9.59 Å². The third kappa shape index (κ3) is 4.37. The van der Waals surface area contributed by atoms with Crippen LogP contribution in [0, 0.1) is 19.7 Å². The molecule has 0 fully saturated rings. The zero-order valence-electron chi connectivity index (χ0n) is 16.4. The van der Waals surface area contributed by atoms with Crippen molar-refractivity contribution in [3.05, 3.63) is 46.5 Å². The van der Waals surface area contributed by atoms with E-state index in [-0.39, 0.29) is 17.7 Å². The van der Waals surface area contributed by atoms with E-state index in [9.17, 15) is 14.0 Å². The summed E-state index contributed by atoms with van der Waals surface area (Å²) in [7, 11) is 1.37. The van der Waals surface area contributed by atoms with Crippen LogP contribution < -0.4 is 4.74 Å². The molecule has 0 saturated carbocycles. The van der Waals surface area contributed by atoms with Gasteiger partial charge in [0.2, 0.25) is 10.9 Å². The van der Waals surface area contributed by atoms with Gasteiger partial charge in [-0.2, -0.15) is 4.98 Å². The lowest BCUT2D eigenvalue weighted by molar-refractivity contribution is -0.141. The number of ether oxygens (including phenoxy) is 2. The third-order valence-electron chi connectivity index (χ3n) is 4.36. The number of hydrogen-bond donors (Lipinski definition) is 0. The molecule has 152 valence electrons. The number of Topliss-reactive ketones (excluding diaryl/α,β-unsaturated/α-hetero) is 1. The number of nitrogens with zero attached hydrogens (tertiary/aromatic N) is 4. The highest BCUT2D eigenvalue weighted by Crippen LogP contribution is 2.21. The summed E-state index contributed by atoms with van der Waals surface area (Å²) in [6, 6.07) is 3.58. The first-order chi connectivity index (χ1) is 13.8. The van der Waals surface area contributed by atoms with Gasteiger partial charge in [0.15, 0.2) is 6.61 Å². The van der Waals surface area contributed by atoms with E-state index >= 15 is 0 Å². The van der Waals surface area contributed by atoms with Gasteiger partial charge in [-0.25, -0.2) is 13.9 Å². The molecule has 0 aliphatic carbocycles. The van der Waals surface area contributed by atoms with Crippen molar-refractivity contribution in [2.24, 2.45) is 0 Å². The molecule has 10 heteroatoms. The number of methoxy groups -OCH3 is 1. The fourth-order valence-corrected chi connectivity index (χ4v) is 3.19. The second-order valence-electron chi connectivity index (χ2n) is 6.18. The number of carbonyl (C=O) groups excluding carboxylic acids is 2. The predicted molar refractivity (Wildman–Crippen MR) is 104 cm³/mol. The van der Waals surface area contributed by atoms with Crippen molar-refractivity contribution < 1.29 is 23.5 Å². The molecule has 0 spiro atoms. The Morgan fingerprint density at radius 1 is 1.24 bits per heavy atom. The maximum Gasteiger partial charge on any atom is 0.310 e. The van der Waals surface area contributed by atoms with E-state index in [1.807, 2.05) is 13.2 Å². The SMILES string of the molecule is COc1ccc(F)cc1C(=O)COC(=O)Cc1c(C)nc2nc(SC)nn2c1C. The number of rotatable bonds is 7. The number of ketones is 1. The fraction of sp³-hybridized carbons (Fsp3) is 0.316. The highest BCUT2D eigenvalue weighted by molar-refractivity contribution is 7.98. The summed E-state index contributed by atoms with van der Waals surface area (Å²) in [5.74, 6) is -1.08. The van der Waals surface area contributed by atoms with Crippen molar-refractivity contribution in [1.82, 2.24) is 19.6 Å². The number of esters is 1. The summed E-state index contributed by atoms with van der Waals surface area (Å²) in [6.07, 6.45) is 1.78. The van der Waals surface area contributed by atoms with Crippen molar-refractivity contribution in [3.8, 4) is 5.75 Å². The Hall–Kier alpha value is -3.01. The zero-order valence-corrected chi connectivity index (χ0v) is 17.2. The lowest BCUT2D eigenvalue weighted by atomic mass is 10.1. The van der Waals surface area contributed by atoms with Gasteiger partial charge in [0.1, 0.15) is 11.6 Å². The molecule has 0 bridgehead atoms. The second-order valence-corrected chi connectivity index (χ2v) is 6.95. The number of fused-ring (bicyclic) bond motifs is 1. The van der Waals surface area contributed by atoms with Crippen LogP contribution in [0.3, 0.4) is 0 Å². The number of hydrogen-bond acceptors (Lipinski definition) is 8. The molecule has 0 aliphatic rings. The quantitative estimate of drug-likeness (QED) is 0.328. The monoisotopic (exact) mass is 418 g/mol. The van der Waals surface area contributed by atoms with Crippen LogP contribution in [0.5, 0.6) is 5.75 Å². The number of carbonyl (C=O) groups is 2. The smallest absolute Gasteiger partial charge is 0.310 e. The van der Waals surface area contributed by atoms with E-state index in [0.29, 0.717) is 22.2 Å². The molecule has 0 unspecified atom stereocenters. The predicted octanol–water partition coefficient (Wildman–Crippen LogP) is 2.58. The van der Waals surface area contributed by atoms with Crippen molar-refractivity contribution in [1.29, 1.82) is 0 Å². The van der Waals surface area contributed by atoms with Crippen LogP contribution in [-0.2, 0) is 16.0 Å². The molecule has 3 aromatic rings. The second kappa shape index (κ2) is 8.56. The molecule has 0 saturated heterocycles. The van der Waals surface area contributed by atoms with Gasteiger partial charge in [-0.1, -0.05) is 11.8 Å². The summed E-state index contributed by atoms with van der Waals surface area (Å²) in [5.41, 5.74) is 2.01. The summed E-state index contributed by atoms with van der Waals surface area (Å²) in [5, 5.41) is 4.91. The topological polar surface area (TPSA) is 95.7 Å². The van der Waals surface area contributed by atoms with Gasteiger partial charge < -0.3 is 9.47 Å². The van der Waals surface area contributed by atoms with Crippen molar-refractivity contribution >= 4 is 29.3 Å². The molecule has 0 aliphatic heterocycles. The third-order valence-corrected chi connectivity index (χ3v) is 4.90. The van der Waals surface area contributed by atoms with E-state index in [0.717, 1.165) is 11.8 Å². The molecule has 0 radical (unpaired) electrons. The highest BCUT2D eigenvalue weighted by atomic mass is 32.2. The van der Waals surface area contributed by atoms with Crippen LogP contribution >= 0.6 is 11.8 Å². The minimum atomic E-state index is -0.605. The number of benzene rings is 1. The van der Waals surface area contributed by atoms with Crippen LogP contribution in [0.1, 0.15) is 27.3 Å². The van der Waals surface area contributed by atoms with Crippen molar-refractivity contribution in [3.63, 3.8) is 0 Å². The number of halogens is 1. The van der Waals surface area contributed by atoms with Gasteiger partial charge in [-0.15, -0.1) is 5.10 Å². The molecule has 0 amide bonds. The van der Waals surface area contributed by atoms with Gasteiger partial charge in [0.05, 0.1) is 19.1 Å². The minimum Gasteiger partial charge on any atom is -0.496 e. The first-order valence-corrected chi connectivity index (χ1v) is 9.85. The first kappa shape index (κ1) is 20.7. The van der Waals surface area contributed by atoms with Crippen LogP contribution in [0.15, 0.2) is 23.4 Å². The molecule has 0 N–H and O–H groups in total. The molecule has 29 heavy (non-hydrogen) atoms. The highest BCUT2D eigenvalue weighted by Gasteiger charge is 2.19. The van der Waals surface area contributed by atoms with Gasteiger partial charge >= 0.3 is 5.97 Å². The Labute approximate surface area is 170 Å². The first-order valence-electron chi connectivity index (χ1n) is 8.63. The summed E-state index contributed by atoms with van der Waals surface area (Å²) >= 11 is 1.39. The molecule has 1 aromatic carbocycles. The van der Waals surface area contributed by atoms with Crippen molar-refractivity contribution in [2.75, 3.05) is 20.0 Å². The zero-order chi connectivity index (χ0) is 21.1. The Balaban J connectivity index is 1.73. The molecule has 8 nitrogen and oxygen atoms in total. The standard InChI is InChI=1S/C19H19FN4O4S/c1-10-13(11(2)24-18(21-10)22-19(23-24)29-4)8-17(26)28-9-15(25)14-7-12(20)5-6-16(14)27-3/h5-7H,8-9H2,1-4H3. The average Bonchev–Trinajstić information content (AvgIpc) is 3.12. The molecule has 2 heterocycles. The molecule has 3 rings (SSSR count). The summed E-state index contributed by atoms with van der Waals surface area (Å²) < 4.78 is 25.2. The normalized spacial score (nSPS) is 10.9. The van der Waals surface area contributed by atoms with Crippen LogP contribution in [-0.4, -0.2) is 51.3 Å². The van der Waals surface area contributed by atoms with Gasteiger partial charge in [-0.05, 0) is 38.3 Å². The fourth-order valence-electron chi connectivity index (χ4n) is 2.85. The van der Waals surface area contributed by atoms with E-state index in [2.05, 4.69) is 15.1 Å². The lowest BCUT2D eigenvalue weighted by Crippen LogP contribution is -2.18. The number of aryl methyl sites for hydroxylation is 2. The Bertz CT molecular complexity index is 1100. The lowest BCUT2D eigenvalue weighted by Gasteiger charge is -2.11. The van der Waals surface area contributed by atoms with Crippen LogP contribution in [0.25, 0.3) is 5.78 Å².